The summed E-state index contributed by atoms with van der Waals surface area (Å²) in [7, 11) is -2.98. The van der Waals surface area contributed by atoms with Crippen molar-refractivity contribution < 1.29 is 38.1 Å². The molecule has 172 valence electrons. The quantitative estimate of drug-likeness (QED) is 0.276. The number of rotatable bonds is 8. The third-order valence-electron chi connectivity index (χ3n) is 4.79. The van der Waals surface area contributed by atoms with E-state index in [9.17, 15) is 19.4 Å². The molecular formula is C15H23FN7O7P. The number of nitrogens with zero attached hydrogens (tertiary/aromatic N) is 4. The second-order valence-electron chi connectivity index (χ2n) is 7.13. The normalized spacial score (nSPS) is 29.0. The summed E-state index contributed by atoms with van der Waals surface area (Å²) in [6, 6.07) is -1.38. The molecule has 6 atom stereocenters. The summed E-state index contributed by atoms with van der Waals surface area (Å²) in [4.78, 5) is 32.8. The van der Waals surface area contributed by atoms with Crippen molar-refractivity contribution in [3.05, 3.63) is 6.33 Å². The Labute approximate surface area is 175 Å². The van der Waals surface area contributed by atoms with Crippen LogP contribution in [0.5, 0.6) is 0 Å². The zero-order valence-corrected chi connectivity index (χ0v) is 17.7. The molecule has 1 unspecified atom stereocenters. The SMILES string of the molecule is CNc1nc(N)nc2c1ncn2[C@@H]1O[C@H](COP(=O)(O)N[C@@H](C)C(=O)O)[C@@H](O)[C@@]1(C)F. The van der Waals surface area contributed by atoms with E-state index in [1.165, 1.54) is 10.9 Å². The topological polar surface area (TPSA) is 207 Å². The van der Waals surface area contributed by atoms with E-state index in [0.717, 1.165) is 13.8 Å². The maximum absolute atomic E-state index is 15.4. The number of imidazole rings is 1. The molecular weight excluding hydrogens is 440 g/mol. The van der Waals surface area contributed by atoms with Crippen molar-refractivity contribution >= 4 is 36.6 Å². The van der Waals surface area contributed by atoms with E-state index in [1.54, 1.807) is 7.05 Å². The van der Waals surface area contributed by atoms with Gasteiger partial charge in [-0.15, -0.1) is 0 Å². The van der Waals surface area contributed by atoms with Gasteiger partial charge in [0.15, 0.2) is 28.9 Å². The van der Waals surface area contributed by atoms with Crippen molar-refractivity contribution in [2.75, 3.05) is 24.7 Å². The second-order valence-corrected chi connectivity index (χ2v) is 8.69. The number of aromatic nitrogens is 4. The van der Waals surface area contributed by atoms with Crippen LogP contribution in [0, 0.1) is 0 Å². The zero-order chi connectivity index (χ0) is 23.1. The second kappa shape index (κ2) is 8.26. The predicted octanol–water partition coefficient (Wildman–Crippen LogP) is -0.384. The van der Waals surface area contributed by atoms with Gasteiger partial charge in [-0.2, -0.15) is 9.97 Å². The number of aliphatic hydroxyl groups excluding tert-OH is 1. The molecule has 0 amide bonds. The van der Waals surface area contributed by atoms with Crippen molar-refractivity contribution in [3.8, 4) is 0 Å². The van der Waals surface area contributed by atoms with Crippen LogP contribution in [0.15, 0.2) is 6.33 Å². The molecule has 14 nitrogen and oxygen atoms in total. The molecule has 0 saturated carbocycles. The Balaban J connectivity index is 1.82. The largest absolute Gasteiger partial charge is 0.480 e. The third-order valence-corrected chi connectivity index (χ3v) is 6.00. The van der Waals surface area contributed by atoms with Gasteiger partial charge in [0.25, 0.3) is 0 Å². The molecule has 0 spiro atoms. The summed E-state index contributed by atoms with van der Waals surface area (Å²) < 4.78 is 39.1. The van der Waals surface area contributed by atoms with Crippen molar-refractivity contribution in [2.24, 2.45) is 0 Å². The van der Waals surface area contributed by atoms with E-state index >= 15 is 4.39 Å². The molecule has 1 saturated heterocycles. The number of fused-ring (bicyclic) bond motifs is 1. The molecule has 1 aliphatic rings. The van der Waals surface area contributed by atoms with Gasteiger partial charge in [0, 0.05) is 7.05 Å². The van der Waals surface area contributed by atoms with Crippen LogP contribution in [-0.4, -0.2) is 78.2 Å². The number of aliphatic hydroxyl groups is 1. The van der Waals surface area contributed by atoms with Crippen LogP contribution in [0.2, 0.25) is 0 Å². The summed E-state index contributed by atoms with van der Waals surface area (Å²) in [6.45, 7) is 1.53. The number of ether oxygens (including phenoxy) is 1. The minimum atomic E-state index is -4.57. The number of anilines is 2. The van der Waals surface area contributed by atoms with Crippen LogP contribution in [-0.2, 0) is 18.6 Å². The van der Waals surface area contributed by atoms with Gasteiger partial charge >= 0.3 is 13.7 Å². The molecule has 0 aliphatic carbocycles. The van der Waals surface area contributed by atoms with E-state index in [2.05, 4.69) is 20.3 Å². The van der Waals surface area contributed by atoms with E-state index in [1.807, 2.05) is 5.09 Å². The molecule has 16 heteroatoms. The summed E-state index contributed by atoms with van der Waals surface area (Å²) in [5, 5.41) is 23.9. The van der Waals surface area contributed by atoms with Gasteiger partial charge < -0.3 is 30.9 Å². The number of carboxylic acids is 1. The van der Waals surface area contributed by atoms with Gasteiger partial charge in [-0.3, -0.25) is 13.9 Å². The maximum atomic E-state index is 15.4. The van der Waals surface area contributed by atoms with Crippen molar-refractivity contribution in [3.63, 3.8) is 0 Å². The van der Waals surface area contributed by atoms with Crippen LogP contribution in [0.25, 0.3) is 11.2 Å². The Kier molecular flexibility index (Phi) is 6.19. The number of hydrogen-bond acceptors (Lipinski definition) is 10. The van der Waals surface area contributed by atoms with Crippen LogP contribution in [0.1, 0.15) is 20.1 Å². The lowest BCUT2D eigenvalue weighted by Gasteiger charge is -2.24. The van der Waals surface area contributed by atoms with Crippen LogP contribution in [0.4, 0.5) is 16.2 Å². The molecule has 3 rings (SSSR count). The Morgan fingerprint density at radius 2 is 2.23 bits per heavy atom. The first-order chi connectivity index (χ1) is 14.4. The number of carbonyl (C=O) groups is 1. The van der Waals surface area contributed by atoms with Crippen molar-refractivity contribution in [1.29, 1.82) is 0 Å². The first-order valence-corrected chi connectivity index (χ1v) is 10.6. The smallest absolute Gasteiger partial charge is 0.403 e. The zero-order valence-electron chi connectivity index (χ0n) is 16.8. The maximum Gasteiger partial charge on any atom is 0.403 e. The average Bonchev–Trinajstić information content (AvgIpc) is 3.18. The number of nitrogen functional groups attached to an aromatic ring is 1. The Morgan fingerprint density at radius 1 is 1.55 bits per heavy atom. The predicted molar refractivity (Wildman–Crippen MR) is 105 cm³/mol. The van der Waals surface area contributed by atoms with Gasteiger partial charge in [-0.25, -0.2) is 19.0 Å². The fourth-order valence-electron chi connectivity index (χ4n) is 3.14. The molecule has 31 heavy (non-hydrogen) atoms. The van der Waals surface area contributed by atoms with Gasteiger partial charge in [-0.1, -0.05) is 0 Å². The van der Waals surface area contributed by atoms with Gasteiger partial charge in [0.05, 0.1) is 12.9 Å². The molecule has 3 heterocycles. The van der Waals surface area contributed by atoms with E-state index in [4.69, 9.17) is 20.1 Å². The first kappa shape index (κ1) is 23.2. The summed E-state index contributed by atoms with van der Waals surface area (Å²) in [5.41, 5.74) is 3.75. The van der Waals surface area contributed by atoms with Crippen LogP contribution in [0.3, 0.4) is 0 Å². The summed E-state index contributed by atoms with van der Waals surface area (Å²) in [5.74, 6) is -1.17. The lowest BCUT2D eigenvalue weighted by Crippen LogP contribution is -2.41. The highest BCUT2D eigenvalue weighted by Crippen LogP contribution is 2.45. The first-order valence-electron chi connectivity index (χ1n) is 9.05. The third kappa shape index (κ3) is 4.46. The highest BCUT2D eigenvalue weighted by Gasteiger charge is 2.55. The number of halogens is 1. The molecule has 2 aromatic heterocycles. The standard InChI is InChI=1S/C15H23FN7O7P/c1-6(12(25)26)22-31(27,28)29-4-7-9(24)15(2,16)13(30-7)23-5-19-8-10(18-3)20-14(17)21-11(8)23/h5-7,9,13,24H,4H2,1-3H3,(H,25,26)(H2,22,27,28)(H3,17,18,20,21)/t6-,7+,9+,13+,15+/m0/s1. The Hall–Kier alpha value is -2.42. The minimum absolute atomic E-state index is 0.0996. The fourth-order valence-corrected chi connectivity index (χ4v) is 4.16. The molecule has 2 aromatic rings. The summed E-state index contributed by atoms with van der Waals surface area (Å²) >= 11 is 0. The summed E-state index contributed by atoms with van der Waals surface area (Å²) in [6.07, 6.45) is -3.30. The average molecular weight is 463 g/mol. The molecule has 0 aromatic carbocycles. The molecule has 1 fully saturated rings. The number of nitrogens with two attached hydrogens (primary N) is 1. The van der Waals surface area contributed by atoms with E-state index in [-0.39, 0.29) is 17.1 Å². The van der Waals surface area contributed by atoms with Crippen molar-refractivity contribution in [1.82, 2.24) is 24.6 Å². The number of alkyl halides is 1. The Morgan fingerprint density at radius 3 is 2.84 bits per heavy atom. The number of carboxylic acid groups (broad SMARTS) is 1. The van der Waals surface area contributed by atoms with Crippen molar-refractivity contribution in [2.45, 2.75) is 44.0 Å². The monoisotopic (exact) mass is 463 g/mol. The minimum Gasteiger partial charge on any atom is -0.480 e. The highest BCUT2D eigenvalue weighted by atomic mass is 31.2. The van der Waals surface area contributed by atoms with Crippen LogP contribution < -0.4 is 16.1 Å². The number of aliphatic carboxylic acids is 1. The van der Waals surface area contributed by atoms with Gasteiger partial charge in [-0.05, 0) is 13.8 Å². The van der Waals surface area contributed by atoms with Crippen LogP contribution >= 0.6 is 7.75 Å². The lowest BCUT2D eigenvalue weighted by molar-refractivity contribution is -0.138. The van der Waals surface area contributed by atoms with Gasteiger partial charge in [0.2, 0.25) is 5.95 Å². The fraction of sp³-hybridized carbons (Fsp3) is 0.600. The highest BCUT2D eigenvalue weighted by molar-refractivity contribution is 7.50. The van der Waals surface area contributed by atoms with E-state index < -0.39 is 50.5 Å². The Bertz CT molecular complexity index is 1030. The molecule has 7 N–H and O–H groups in total. The molecule has 0 bridgehead atoms. The number of nitrogens with one attached hydrogen (secondary N) is 2. The molecule has 1 aliphatic heterocycles. The van der Waals surface area contributed by atoms with Gasteiger partial charge in [0.1, 0.15) is 18.2 Å². The molecule has 0 radical (unpaired) electrons. The lowest BCUT2D eigenvalue weighted by atomic mass is 9.98. The van der Waals surface area contributed by atoms with E-state index in [0.29, 0.717) is 5.82 Å². The number of hydrogen-bond donors (Lipinski definition) is 6.